The van der Waals surface area contributed by atoms with Crippen molar-refractivity contribution in [3.8, 4) is 11.5 Å². The summed E-state index contributed by atoms with van der Waals surface area (Å²) in [6, 6.07) is 5.84. The number of halogens is 1. The zero-order valence-corrected chi connectivity index (χ0v) is 12.3. The van der Waals surface area contributed by atoms with Crippen LogP contribution in [0.5, 0.6) is 11.5 Å². The fraction of sp³-hybridized carbons (Fsp3) is 0.333. The molecule has 3 nitrogen and oxygen atoms in total. The summed E-state index contributed by atoms with van der Waals surface area (Å²) in [7, 11) is 0. The van der Waals surface area contributed by atoms with Crippen LogP contribution in [0.4, 0.5) is 0 Å². The molecule has 2 aromatic rings. The lowest BCUT2D eigenvalue weighted by Gasteiger charge is -2.38. The lowest BCUT2D eigenvalue weighted by Crippen LogP contribution is -2.41. The summed E-state index contributed by atoms with van der Waals surface area (Å²) in [6.45, 7) is 0.868. The van der Waals surface area contributed by atoms with Crippen molar-refractivity contribution in [2.45, 2.75) is 31.3 Å². The van der Waals surface area contributed by atoms with Gasteiger partial charge in [0.05, 0.1) is 4.34 Å². The van der Waals surface area contributed by atoms with E-state index in [1.54, 1.807) is 23.5 Å². The molecule has 2 atom stereocenters. The highest BCUT2D eigenvalue weighted by atomic mass is 35.5. The van der Waals surface area contributed by atoms with Crippen molar-refractivity contribution >= 4 is 22.9 Å². The average molecular weight is 308 g/mol. The average Bonchev–Trinajstić information content (AvgIpc) is 2.80. The van der Waals surface area contributed by atoms with Crippen LogP contribution in [0.1, 0.15) is 33.9 Å². The molecule has 0 fully saturated rings. The van der Waals surface area contributed by atoms with Crippen LogP contribution in [-0.4, -0.2) is 16.3 Å². The van der Waals surface area contributed by atoms with Gasteiger partial charge in [0, 0.05) is 23.4 Å². The molecule has 1 aromatic heterocycles. The van der Waals surface area contributed by atoms with Gasteiger partial charge in [-0.1, -0.05) is 11.6 Å². The molecule has 104 valence electrons. The molecular weight excluding hydrogens is 294 g/mol. The van der Waals surface area contributed by atoms with Crippen molar-refractivity contribution in [2.75, 3.05) is 0 Å². The predicted molar refractivity (Wildman–Crippen MR) is 79.9 cm³/mol. The number of fused-ring (bicyclic) bond motifs is 5. The maximum atomic E-state index is 9.82. The first-order valence-corrected chi connectivity index (χ1v) is 7.89. The Labute approximate surface area is 125 Å². The molecule has 0 spiro atoms. The highest BCUT2D eigenvalue weighted by Gasteiger charge is 2.36. The van der Waals surface area contributed by atoms with Crippen molar-refractivity contribution in [3.05, 3.63) is 44.1 Å². The summed E-state index contributed by atoms with van der Waals surface area (Å²) in [5, 5.41) is 23.1. The van der Waals surface area contributed by atoms with Crippen molar-refractivity contribution in [2.24, 2.45) is 0 Å². The minimum Gasteiger partial charge on any atom is -0.504 e. The lowest BCUT2D eigenvalue weighted by atomic mass is 9.74. The summed E-state index contributed by atoms with van der Waals surface area (Å²) in [4.78, 5) is 1.27. The monoisotopic (exact) mass is 307 g/mol. The first-order valence-electron chi connectivity index (χ1n) is 6.69. The second-order valence-electron chi connectivity index (χ2n) is 5.47. The van der Waals surface area contributed by atoms with Crippen LogP contribution in [0.25, 0.3) is 0 Å². The van der Waals surface area contributed by atoms with Gasteiger partial charge in [0.2, 0.25) is 0 Å². The van der Waals surface area contributed by atoms with Gasteiger partial charge in [0.25, 0.3) is 0 Å². The normalized spacial score (nSPS) is 23.9. The van der Waals surface area contributed by atoms with Gasteiger partial charge >= 0.3 is 0 Å². The second kappa shape index (κ2) is 4.38. The Morgan fingerprint density at radius 1 is 1.15 bits per heavy atom. The molecule has 1 aromatic carbocycles. The van der Waals surface area contributed by atoms with E-state index in [4.69, 9.17) is 11.6 Å². The molecule has 20 heavy (non-hydrogen) atoms. The fourth-order valence-electron chi connectivity index (χ4n) is 3.47. The van der Waals surface area contributed by atoms with E-state index in [1.165, 1.54) is 10.4 Å². The van der Waals surface area contributed by atoms with Gasteiger partial charge in [-0.2, -0.15) is 0 Å². The Balaban J connectivity index is 1.91. The van der Waals surface area contributed by atoms with Crippen LogP contribution in [0, 0.1) is 0 Å². The first-order chi connectivity index (χ1) is 9.63. The third-order valence-corrected chi connectivity index (χ3v) is 5.65. The van der Waals surface area contributed by atoms with Crippen molar-refractivity contribution in [1.82, 2.24) is 5.32 Å². The smallest absolute Gasteiger partial charge is 0.157 e. The summed E-state index contributed by atoms with van der Waals surface area (Å²) < 4.78 is 0.813. The van der Waals surface area contributed by atoms with E-state index in [1.807, 2.05) is 0 Å². The number of hydrogen-bond acceptors (Lipinski definition) is 4. The molecule has 1 aliphatic heterocycles. The standard InChI is InChI=1S/C15H14ClNO2S/c16-14-5-9-13(20-14)6-17-10-2-1-7-3-11(18)12(19)4-8(7)15(9)10/h3-5,10,15,17-19H,1-2,6H2/t10-,15+/m1/s1. The number of phenols is 2. The van der Waals surface area contributed by atoms with E-state index >= 15 is 0 Å². The van der Waals surface area contributed by atoms with E-state index in [0.717, 1.165) is 34.8 Å². The molecule has 5 heteroatoms. The largest absolute Gasteiger partial charge is 0.504 e. The van der Waals surface area contributed by atoms with Gasteiger partial charge in [0.15, 0.2) is 11.5 Å². The maximum absolute atomic E-state index is 9.82. The van der Waals surface area contributed by atoms with Crippen molar-refractivity contribution in [3.63, 3.8) is 0 Å². The van der Waals surface area contributed by atoms with Crippen LogP contribution < -0.4 is 5.32 Å². The van der Waals surface area contributed by atoms with Crippen LogP contribution in [0.15, 0.2) is 18.2 Å². The van der Waals surface area contributed by atoms with Crippen LogP contribution in [-0.2, 0) is 13.0 Å². The van der Waals surface area contributed by atoms with Crippen LogP contribution in [0.3, 0.4) is 0 Å². The number of aryl methyl sites for hydroxylation is 1. The summed E-state index contributed by atoms with van der Waals surface area (Å²) in [6.07, 6.45) is 1.96. The summed E-state index contributed by atoms with van der Waals surface area (Å²) >= 11 is 7.79. The maximum Gasteiger partial charge on any atom is 0.157 e. The minimum atomic E-state index is -0.0437. The Hall–Kier alpha value is -1.23. The lowest BCUT2D eigenvalue weighted by molar-refractivity contribution is 0.382. The number of nitrogens with one attached hydrogen (secondary N) is 1. The van der Waals surface area contributed by atoms with Crippen LogP contribution >= 0.6 is 22.9 Å². The van der Waals surface area contributed by atoms with Crippen LogP contribution in [0.2, 0.25) is 4.34 Å². The van der Waals surface area contributed by atoms with E-state index < -0.39 is 0 Å². The van der Waals surface area contributed by atoms with E-state index in [2.05, 4.69) is 11.4 Å². The molecule has 0 unspecified atom stereocenters. The van der Waals surface area contributed by atoms with Crippen molar-refractivity contribution in [1.29, 1.82) is 0 Å². The molecule has 0 saturated carbocycles. The molecule has 4 rings (SSSR count). The number of aromatic hydroxyl groups is 2. The Bertz CT molecular complexity index is 697. The Morgan fingerprint density at radius 3 is 2.80 bits per heavy atom. The number of rotatable bonds is 0. The zero-order valence-electron chi connectivity index (χ0n) is 10.7. The van der Waals surface area contributed by atoms with E-state index in [-0.39, 0.29) is 17.4 Å². The quantitative estimate of drug-likeness (QED) is 0.654. The zero-order chi connectivity index (χ0) is 13.9. The van der Waals surface area contributed by atoms with Gasteiger partial charge in [-0.25, -0.2) is 0 Å². The van der Waals surface area contributed by atoms with E-state index in [0.29, 0.717) is 6.04 Å². The Morgan fingerprint density at radius 2 is 1.95 bits per heavy atom. The third-order valence-electron chi connectivity index (χ3n) is 4.37. The minimum absolute atomic E-state index is 0.0328. The molecule has 1 aliphatic carbocycles. The molecule has 2 heterocycles. The highest BCUT2D eigenvalue weighted by Crippen LogP contribution is 2.46. The molecule has 0 amide bonds. The highest BCUT2D eigenvalue weighted by molar-refractivity contribution is 7.16. The fourth-order valence-corrected chi connectivity index (χ4v) is 4.75. The predicted octanol–water partition coefficient (Wildman–Crippen LogP) is 3.36. The van der Waals surface area contributed by atoms with Gasteiger partial charge in [-0.05, 0) is 47.7 Å². The first kappa shape index (κ1) is 12.5. The number of benzene rings is 1. The molecule has 0 bridgehead atoms. The third kappa shape index (κ3) is 1.75. The molecular formula is C15H14ClNO2S. The Kier molecular flexibility index (Phi) is 2.74. The van der Waals surface area contributed by atoms with Crippen molar-refractivity contribution < 1.29 is 10.2 Å². The summed E-state index contributed by atoms with van der Waals surface area (Å²) in [5.74, 6) is 0.144. The second-order valence-corrected chi connectivity index (χ2v) is 7.24. The number of phenolic OH excluding ortho intramolecular Hbond substituents is 2. The topological polar surface area (TPSA) is 52.5 Å². The number of thiophene rings is 1. The van der Waals surface area contributed by atoms with Gasteiger partial charge < -0.3 is 15.5 Å². The molecule has 0 saturated heterocycles. The molecule has 2 aliphatic rings. The van der Waals surface area contributed by atoms with Gasteiger partial charge in [-0.15, -0.1) is 11.3 Å². The molecule has 0 radical (unpaired) electrons. The summed E-state index contributed by atoms with van der Waals surface area (Å²) in [5.41, 5.74) is 3.51. The SMILES string of the molecule is Oc1cc2c(cc1O)[C@H]1c3cc(Cl)sc3CN[C@@H]1CC2. The van der Waals surface area contributed by atoms with Gasteiger partial charge in [0.1, 0.15) is 0 Å². The van der Waals surface area contributed by atoms with E-state index in [9.17, 15) is 10.2 Å². The van der Waals surface area contributed by atoms with Gasteiger partial charge in [-0.3, -0.25) is 0 Å². The molecule has 3 N–H and O–H groups in total. The number of hydrogen-bond donors (Lipinski definition) is 3.